The maximum absolute atomic E-state index is 12.1. The van der Waals surface area contributed by atoms with Crippen molar-refractivity contribution in [2.24, 2.45) is 5.92 Å². The molecule has 0 saturated carbocycles. The van der Waals surface area contributed by atoms with Crippen LogP contribution in [-0.2, 0) is 9.59 Å². The van der Waals surface area contributed by atoms with Crippen molar-refractivity contribution >= 4 is 11.8 Å². The molecule has 0 fully saturated rings. The van der Waals surface area contributed by atoms with Crippen LogP contribution in [0.4, 0.5) is 0 Å². The molecule has 1 atom stereocenters. The third-order valence-electron chi connectivity index (χ3n) is 3.27. The zero-order valence-electron chi connectivity index (χ0n) is 12.4. The molecule has 2 amide bonds. The van der Waals surface area contributed by atoms with Gasteiger partial charge in [0, 0.05) is 6.92 Å². The predicted octanol–water partition coefficient (Wildman–Crippen LogP) is 0.813. The van der Waals surface area contributed by atoms with Gasteiger partial charge >= 0.3 is 0 Å². The fraction of sp³-hybridized carbons (Fsp3) is 0.846. The van der Waals surface area contributed by atoms with Gasteiger partial charge in [-0.15, -0.1) is 0 Å². The Bertz CT molecular complexity index is 317. The van der Waals surface area contributed by atoms with Crippen LogP contribution < -0.4 is 10.6 Å². The van der Waals surface area contributed by atoms with Gasteiger partial charge in [-0.2, -0.15) is 0 Å². The molecule has 3 N–H and O–H groups in total. The molecule has 1 unspecified atom stereocenters. The summed E-state index contributed by atoms with van der Waals surface area (Å²) in [6, 6.07) is -0.593. The molecule has 106 valence electrons. The van der Waals surface area contributed by atoms with Crippen LogP contribution in [0.3, 0.4) is 0 Å². The third kappa shape index (κ3) is 4.64. The van der Waals surface area contributed by atoms with Gasteiger partial charge in [0.25, 0.3) is 0 Å². The van der Waals surface area contributed by atoms with Gasteiger partial charge < -0.3 is 15.7 Å². The Morgan fingerprint density at radius 3 is 1.83 bits per heavy atom. The number of rotatable bonds is 5. The maximum atomic E-state index is 12.1. The Kier molecular flexibility index (Phi) is 5.35. The van der Waals surface area contributed by atoms with E-state index in [1.54, 1.807) is 27.7 Å². The average Bonchev–Trinajstić information content (AvgIpc) is 2.10. The van der Waals surface area contributed by atoms with Gasteiger partial charge in [-0.1, -0.05) is 13.8 Å². The summed E-state index contributed by atoms with van der Waals surface area (Å²) in [5.41, 5.74) is -1.84. The van der Waals surface area contributed by atoms with Gasteiger partial charge in [0.05, 0.1) is 11.1 Å². The van der Waals surface area contributed by atoms with Crippen molar-refractivity contribution < 1.29 is 14.7 Å². The maximum Gasteiger partial charge on any atom is 0.243 e. The quantitative estimate of drug-likeness (QED) is 0.683. The molecule has 0 heterocycles. The topological polar surface area (TPSA) is 78.4 Å². The van der Waals surface area contributed by atoms with Crippen LogP contribution in [0.1, 0.15) is 48.5 Å². The second-order valence-corrected chi connectivity index (χ2v) is 6.10. The molecular formula is C13H26N2O3. The zero-order chi connectivity index (χ0) is 14.7. The van der Waals surface area contributed by atoms with Crippen molar-refractivity contribution in [3.63, 3.8) is 0 Å². The van der Waals surface area contributed by atoms with E-state index in [9.17, 15) is 14.7 Å². The number of nitrogens with one attached hydrogen (secondary N) is 2. The lowest BCUT2D eigenvalue weighted by Gasteiger charge is -2.39. The van der Waals surface area contributed by atoms with Crippen LogP contribution in [0.25, 0.3) is 0 Å². The van der Waals surface area contributed by atoms with Crippen LogP contribution in [0.15, 0.2) is 0 Å². The summed E-state index contributed by atoms with van der Waals surface area (Å²) in [7, 11) is 0. The van der Waals surface area contributed by atoms with Gasteiger partial charge in [-0.3, -0.25) is 9.59 Å². The van der Waals surface area contributed by atoms with E-state index < -0.39 is 17.2 Å². The van der Waals surface area contributed by atoms with E-state index in [1.807, 2.05) is 13.8 Å². The highest BCUT2D eigenvalue weighted by Crippen LogP contribution is 2.21. The fourth-order valence-corrected chi connectivity index (χ4v) is 1.29. The van der Waals surface area contributed by atoms with E-state index >= 15 is 0 Å². The molecular weight excluding hydrogens is 232 g/mol. The molecule has 0 bridgehead atoms. The van der Waals surface area contributed by atoms with Crippen LogP contribution >= 0.6 is 0 Å². The average molecular weight is 258 g/mol. The van der Waals surface area contributed by atoms with Gasteiger partial charge in [-0.25, -0.2) is 0 Å². The first kappa shape index (κ1) is 16.9. The second-order valence-electron chi connectivity index (χ2n) is 6.10. The van der Waals surface area contributed by atoms with Gasteiger partial charge in [0.15, 0.2) is 0 Å². The molecule has 0 rings (SSSR count). The van der Waals surface area contributed by atoms with Crippen molar-refractivity contribution in [3.05, 3.63) is 0 Å². The highest BCUT2D eigenvalue weighted by molar-refractivity contribution is 5.87. The van der Waals surface area contributed by atoms with Gasteiger partial charge in [0.2, 0.25) is 11.8 Å². The molecule has 0 aliphatic carbocycles. The Morgan fingerprint density at radius 1 is 1.11 bits per heavy atom. The number of hydrogen-bond acceptors (Lipinski definition) is 3. The first-order valence-corrected chi connectivity index (χ1v) is 6.20. The molecule has 18 heavy (non-hydrogen) atoms. The van der Waals surface area contributed by atoms with E-state index in [0.717, 1.165) is 0 Å². The molecule has 5 nitrogen and oxygen atoms in total. The van der Waals surface area contributed by atoms with Crippen LogP contribution in [0.5, 0.6) is 0 Å². The standard InChI is InChI=1S/C13H26N2O3/c1-8(2)10(14-9(3)16)11(17)15-12(4,5)13(6,7)18/h8,10,18H,1-7H3,(H,14,16)(H,15,17). The summed E-state index contributed by atoms with van der Waals surface area (Å²) in [5, 5.41) is 15.4. The Morgan fingerprint density at radius 2 is 1.56 bits per heavy atom. The van der Waals surface area contributed by atoms with E-state index in [-0.39, 0.29) is 17.7 Å². The van der Waals surface area contributed by atoms with Gasteiger partial charge in [-0.05, 0) is 33.6 Å². The lowest BCUT2D eigenvalue weighted by molar-refractivity contribution is -0.132. The lowest BCUT2D eigenvalue weighted by atomic mass is 9.85. The summed E-state index contributed by atoms with van der Waals surface area (Å²) in [4.78, 5) is 23.2. The number of amides is 2. The van der Waals surface area contributed by atoms with E-state index in [4.69, 9.17) is 0 Å². The Hall–Kier alpha value is -1.10. The summed E-state index contributed by atoms with van der Waals surface area (Å²) in [5.74, 6) is -0.552. The number of carbonyl (C=O) groups is 2. The largest absolute Gasteiger partial charge is 0.388 e. The molecule has 0 spiro atoms. The van der Waals surface area contributed by atoms with Crippen molar-refractivity contribution in [1.82, 2.24) is 10.6 Å². The van der Waals surface area contributed by atoms with E-state index in [1.165, 1.54) is 6.92 Å². The predicted molar refractivity (Wildman–Crippen MR) is 71.0 cm³/mol. The Labute approximate surface area is 109 Å². The summed E-state index contributed by atoms with van der Waals surface area (Å²) < 4.78 is 0. The highest BCUT2D eigenvalue weighted by atomic mass is 16.3. The summed E-state index contributed by atoms with van der Waals surface area (Å²) in [6.45, 7) is 11.9. The second kappa shape index (κ2) is 5.69. The monoisotopic (exact) mass is 258 g/mol. The van der Waals surface area contributed by atoms with Crippen LogP contribution in [0, 0.1) is 5.92 Å². The minimum Gasteiger partial charge on any atom is -0.388 e. The first-order chi connectivity index (χ1) is 7.88. The fourth-order valence-electron chi connectivity index (χ4n) is 1.29. The van der Waals surface area contributed by atoms with Crippen LogP contribution in [-0.4, -0.2) is 34.1 Å². The summed E-state index contributed by atoms with van der Waals surface area (Å²) >= 11 is 0. The lowest BCUT2D eigenvalue weighted by Crippen LogP contribution is -2.62. The van der Waals surface area contributed by atoms with Gasteiger partial charge in [0.1, 0.15) is 6.04 Å². The van der Waals surface area contributed by atoms with Crippen molar-refractivity contribution in [2.75, 3.05) is 0 Å². The minimum absolute atomic E-state index is 0.0218. The van der Waals surface area contributed by atoms with Crippen molar-refractivity contribution in [1.29, 1.82) is 0 Å². The number of aliphatic hydroxyl groups is 1. The first-order valence-electron chi connectivity index (χ1n) is 6.20. The number of carbonyl (C=O) groups excluding carboxylic acids is 2. The normalized spacial score (nSPS) is 14.3. The van der Waals surface area contributed by atoms with E-state index in [2.05, 4.69) is 10.6 Å². The smallest absolute Gasteiger partial charge is 0.243 e. The molecule has 0 aliphatic rings. The molecule has 5 heteroatoms. The zero-order valence-corrected chi connectivity index (χ0v) is 12.4. The molecule has 0 saturated heterocycles. The van der Waals surface area contributed by atoms with E-state index in [0.29, 0.717) is 0 Å². The Balaban J connectivity index is 4.87. The molecule has 0 aliphatic heterocycles. The SMILES string of the molecule is CC(=O)NC(C(=O)NC(C)(C)C(C)(C)O)C(C)C. The third-order valence-corrected chi connectivity index (χ3v) is 3.27. The highest BCUT2D eigenvalue weighted by Gasteiger charge is 2.38. The molecule has 0 aromatic carbocycles. The number of hydrogen-bond donors (Lipinski definition) is 3. The van der Waals surface area contributed by atoms with Crippen molar-refractivity contribution in [2.45, 2.75) is 65.6 Å². The summed E-state index contributed by atoms with van der Waals surface area (Å²) in [6.07, 6.45) is 0. The molecule has 0 aromatic heterocycles. The molecule has 0 aromatic rings. The van der Waals surface area contributed by atoms with Crippen molar-refractivity contribution in [3.8, 4) is 0 Å². The molecule has 0 radical (unpaired) electrons. The minimum atomic E-state index is -1.06. The van der Waals surface area contributed by atoms with Crippen LogP contribution in [0.2, 0.25) is 0 Å².